The number of sulfonamides is 1. The Kier molecular flexibility index (Phi) is 4.00. The Morgan fingerprint density at radius 3 is 2.73 bits per heavy atom. The van der Waals surface area contributed by atoms with E-state index in [1.165, 1.54) is 19.3 Å². The summed E-state index contributed by atoms with van der Waals surface area (Å²) in [7, 11) is -3.37. The largest absolute Gasteiger partial charge is 0.493 e. The number of anilines is 1. The Labute approximate surface area is 177 Å². The SMILES string of the molecule is C[C@@H]1CC[C@H](COc2cc3nnc(NS(=O)(=O)C4CC4)n3cc2C2CC2)[C@@H]2CC12C. The van der Waals surface area contributed by atoms with Crippen molar-refractivity contribution in [3.63, 3.8) is 0 Å². The molecule has 4 aliphatic rings. The molecule has 6 rings (SSSR count). The minimum Gasteiger partial charge on any atom is -0.493 e. The lowest BCUT2D eigenvalue weighted by molar-refractivity contribution is 0.140. The Hall–Kier alpha value is -1.83. The molecule has 0 aliphatic heterocycles. The molecular formula is C22H30N4O3S. The molecular weight excluding hydrogens is 400 g/mol. The van der Waals surface area contributed by atoms with Crippen LogP contribution in [0, 0.1) is 23.2 Å². The summed E-state index contributed by atoms with van der Waals surface area (Å²) in [6, 6.07) is 1.94. The van der Waals surface area contributed by atoms with Gasteiger partial charge in [-0.05, 0) is 74.0 Å². The van der Waals surface area contributed by atoms with Crippen molar-refractivity contribution in [3.8, 4) is 5.75 Å². The molecule has 4 aliphatic carbocycles. The average molecular weight is 431 g/mol. The first-order valence-electron chi connectivity index (χ1n) is 11.4. The van der Waals surface area contributed by atoms with E-state index in [-0.39, 0.29) is 11.2 Å². The molecule has 0 saturated heterocycles. The molecule has 30 heavy (non-hydrogen) atoms. The van der Waals surface area contributed by atoms with Crippen molar-refractivity contribution in [3.05, 3.63) is 17.8 Å². The lowest BCUT2D eigenvalue weighted by atomic mass is 9.76. The summed E-state index contributed by atoms with van der Waals surface area (Å²) in [5.41, 5.74) is 2.30. The Bertz CT molecular complexity index is 1110. The number of nitrogens with one attached hydrogen (secondary N) is 1. The fourth-order valence-electron chi connectivity index (χ4n) is 5.49. The third kappa shape index (κ3) is 3.10. The van der Waals surface area contributed by atoms with Gasteiger partial charge in [-0.25, -0.2) is 8.42 Å². The fraction of sp³-hybridized carbons (Fsp3) is 0.727. The maximum absolute atomic E-state index is 12.3. The standard InChI is InChI=1S/C22H30N4O3S/c1-13-3-4-15(18-10-22(13,18)2)12-29-19-9-20-23-24-21(25-30(27,28)16-7-8-16)26(20)11-17(19)14-5-6-14/h9,11,13-16,18H,3-8,10,12H2,1-2H3,(H,24,25)/t13-,15-,18+,22?/m1/s1. The minimum atomic E-state index is -3.37. The Morgan fingerprint density at radius 2 is 2.00 bits per heavy atom. The van der Waals surface area contributed by atoms with E-state index in [1.807, 2.05) is 12.3 Å². The van der Waals surface area contributed by atoms with Gasteiger partial charge < -0.3 is 4.74 Å². The molecule has 2 heterocycles. The molecule has 1 unspecified atom stereocenters. The van der Waals surface area contributed by atoms with Gasteiger partial charge in [0.2, 0.25) is 16.0 Å². The molecule has 0 radical (unpaired) electrons. The summed E-state index contributed by atoms with van der Waals surface area (Å²) < 4.78 is 35.5. The van der Waals surface area contributed by atoms with Gasteiger partial charge in [-0.15, -0.1) is 10.2 Å². The predicted molar refractivity (Wildman–Crippen MR) is 114 cm³/mol. The molecule has 7 nitrogen and oxygen atoms in total. The van der Waals surface area contributed by atoms with Gasteiger partial charge in [0.1, 0.15) is 5.75 Å². The zero-order valence-electron chi connectivity index (χ0n) is 17.7. The molecule has 4 saturated carbocycles. The summed E-state index contributed by atoms with van der Waals surface area (Å²) in [6.45, 7) is 5.60. The van der Waals surface area contributed by atoms with Crippen LogP contribution in [0.4, 0.5) is 5.95 Å². The van der Waals surface area contributed by atoms with E-state index in [1.54, 1.807) is 4.40 Å². The van der Waals surface area contributed by atoms with Gasteiger partial charge in [0.25, 0.3) is 0 Å². The minimum absolute atomic E-state index is 0.278. The van der Waals surface area contributed by atoms with E-state index in [2.05, 4.69) is 28.8 Å². The molecule has 0 amide bonds. The van der Waals surface area contributed by atoms with E-state index in [4.69, 9.17) is 4.74 Å². The molecule has 8 heteroatoms. The van der Waals surface area contributed by atoms with Crippen LogP contribution < -0.4 is 9.46 Å². The van der Waals surface area contributed by atoms with Crippen LogP contribution in [-0.4, -0.2) is 34.9 Å². The van der Waals surface area contributed by atoms with Crippen LogP contribution in [0.3, 0.4) is 0 Å². The first-order valence-corrected chi connectivity index (χ1v) is 12.9. The number of fused-ring (bicyclic) bond motifs is 2. The number of nitrogens with zero attached hydrogens (tertiary/aromatic N) is 3. The summed E-state index contributed by atoms with van der Waals surface area (Å²) in [6.07, 6.45) is 9.60. The molecule has 0 bridgehead atoms. The van der Waals surface area contributed by atoms with E-state index in [9.17, 15) is 8.42 Å². The quantitative estimate of drug-likeness (QED) is 0.719. The zero-order chi connectivity index (χ0) is 20.7. The van der Waals surface area contributed by atoms with E-state index in [0.717, 1.165) is 55.4 Å². The van der Waals surface area contributed by atoms with Gasteiger partial charge in [0.05, 0.1) is 11.9 Å². The number of aromatic nitrogens is 3. The van der Waals surface area contributed by atoms with Gasteiger partial charge in [0.15, 0.2) is 5.65 Å². The molecule has 4 fully saturated rings. The normalized spacial score (nSPS) is 33.3. The molecule has 162 valence electrons. The van der Waals surface area contributed by atoms with Crippen molar-refractivity contribution in [2.45, 2.75) is 70.0 Å². The number of pyridine rings is 1. The van der Waals surface area contributed by atoms with E-state index < -0.39 is 10.0 Å². The van der Waals surface area contributed by atoms with Crippen molar-refractivity contribution in [1.29, 1.82) is 0 Å². The van der Waals surface area contributed by atoms with E-state index in [0.29, 0.717) is 22.9 Å². The van der Waals surface area contributed by atoms with Crippen LogP contribution in [0.25, 0.3) is 5.65 Å². The van der Waals surface area contributed by atoms with Gasteiger partial charge in [-0.3, -0.25) is 9.12 Å². The Balaban J connectivity index is 1.25. The molecule has 2 aromatic heterocycles. The maximum atomic E-state index is 12.3. The van der Waals surface area contributed by atoms with Crippen LogP contribution in [0.15, 0.2) is 12.3 Å². The Morgan fingerprint density at radius 1 is 1.20 bits per heavy atom. The fourth-order valence-corrected chi connectivity index (χ4v) is 6.81. The topological polar surface area (TPSA) is 85.6 Å². The number of rotatable bonds is 7. The molecule has 0 aromatic carbocycles. The average Bonchev–Trinajstić information content (AvgIpc) is 3.57. The van der Waals surface area contributed by atoms with Crippen LogP contribution in [0.5, 0.6) is 5.75 Å². The van der Waals surface area contributed by atoms with Crippen LogP contribution >= 0.6 is 0 Å². The number of ether oxygens (including phenoxy) is 1. The second-order valence-corrected chi connectivity index (χ2v) is 12.3. The predicted octanol–water partition coefficient (Wildman–Crippen LogP) is 3.96. The highest BCUT2D eigenvalue weighted by atomic mass is 32.2. The summed E-state index contributed by atoms with van der Waals surface area (Å²) in [5, 5.41) is 8.02. The number of hydrogen-bond donors (Lipinski definition) is 1. The van der Waals surface area contributed by atoms with Gasteiger partial charge >= 0.3 is 0 Å². The van der Waals surface area contributed by atoms with Gasteiger partial charge in [-0.2, -0.15) is 0 Å². The summed E-state index contributed by atoms with van der Waals surface area (Å²) >= 11 is 0. The van der Waals surface area contributed by atoms with Gasteiger partial charge in [0, 0.05) is 17.8 Å². The third-order valence-corrected chi connectivity index (χ3v) is 10.0. The van der Waals surface area contributed by atoms with Crippen LogP contribution in [0.1, 0.15) is 70.3 Å². The maximum Gasteiger partial charge on any atom is 0.242 e. The van der Waals surface area contributed by atoms with Crippen LogP contribution in [0.2, 0.25) is 0 Å². The van der Waals surface area contributed by atoms with Crippen molar-refractivity contribution in [2.24, 2.45) is 23.2 Å². The zero-order valence-corrected chi connectivity index (χ0v) is 18.5. The summed E-state index contributed by atoms with van der Waals surface area (Å²) in [5.74, 6) is 3.91. The van der Waals surface area contributed by atoms with Gasteiger partial charge in [-0.1, -0.05) is 13.8 Å². The molecule has 2 aromatic rings. The first kappa shape index (κ1) is 18.9. The lowest BCUT2D eigenvalue weighted by Crippen LogP contribution is -2.26. The second kappa shape index (κ2) is 6.34. The monoisotopic (exact) mass is 430 g/mol. The highest BCUT2D eigenvalue weighted by Gasteiger charge is 2.58. The van der Waals surface area contributed by atoms with Crippen molar-refractivity contribution in [1.82, 2.24) is 14.6 Å². The lowest BCUT2D eigenvalue weighted by Gasteiger charge is -2.31. The number of hydrogen-bond acceptors (Lipinski definition) is 5. The van der Waals surface area contributed by atoms with Crippen molar-refractivity contribution < 1.29 is 13.2 Å². The highest BCUT2D eigenvalue weighted by Crippen LogP contribution is 2.65. The smallest absolute Gasteiger partial charge is 0.242 e. The molecule has 1 N–H and O–H groups in total. The highest BCUT2D eigenvalue weighted by molar-refractivity contribution is 7.93. The van der Waals surface area contributed by atoms with Crippen molar-refractivity contribution >= 4 is 21.6 Å². The molecule has 4 atom stereocenters. The first-order chi connectivity index (χ1) is 14.3. The van der Waals surface area contributed by atoms with Crippen LogP contribution in [-0.2, 0) is 10.0 Å². The van der Waals surface area contributed by atoms with E-state index >= 15 is 0 Å². The van der Waals surface area contributed by atoms with Crippen molar-refractivity contribution in [2.75, 3.05) is 11.3 Å². The third-order valence-electron chi connectivity index (χ3n) is 8.21. The molecule has 0 spiro atoms. The second-order valence-electron chi connectivity index (χ2n) is 10.3. The summed E-state index contributed by atoms with van der Waals surface area (Å²) in [4.78, 5) is 0.